The number of ether oxygens (including phenoxy) is 1. The highest BCUT2D eigenvalue weighted by Gasteiger charge is 2.18. The Kier molecular flexibility index (Phi) is 4.99. The van der Waals surface area contributed by atoms with E-state index in [1.165, 1.54) is 19.2 Å². The number of aliphatic hydroxyl groups excluding tert-OH is 1. The fourth-order valence-electron chi connectivity index (χ4n) is 1.93. The lowest BCUT2D eigenvalue weighted by molar-refractivity contribution is 0.0563. The Hall–Kier alpha value is -2.12. The fraction of sp³-hybridized carbons (Fsp3) is 0.267. The number of hydrogen-bond acceptors (Lipinski definition) is 6. The zero-order valence-corrected chi connectivity index (χ0v) is 12.8. The minimum absolute atomic E-state index is 0.0278. The van der Waals surface area contributed by atoms with Crippen LogP contribution in [0.15, 0.2) is 40.8 Å². The van der Waals surface area contributed by atoms with Crippen LogP contribution in [0.3, 0.4) is 0 Å². The number of esters is 1. The molecule has 2 rings (SSSR count). The molecule has 1 N–H and O–H groups in total. The number of methoxy groups -OCH3 is 1. The molecule has 0 amide bonds. The fourth-order valence-corrected chi connectivity index (χ4v) is 3.32. The van der Waals surface area contributed by atoms with Crippen molar-refractivity contribution in [2.24, 2.45) is 0 Å². The monoisotopic (exact) mass is 324 g/mol. The van der Waals surface area contributed by atoms with Crippen LogP contribution in [0.25, 0.3) is 0 Å². The second-order valence-corrected chi connectivity index (χ2v) is 6.83. The van der Waals surface area contributed by atoms with Gasteiger partial charge in [0.15, 0.2) is 9.84 Å². The molecule has 0 fully saturated rings. The first-order chi connectivity index (χ1) is 10.4. The van der Waals surface area contributed by atoms with Crippen LogP contribution < -0.4 is 0 Å². The molecule has 0 bridgehead atoms. The van der Waals surface area contributed by atoms with Crippen LogP contribution in [0.5, 0.6) is 0 Å². The average molecular weight is 324 g/mol. The molecule has 22 heavy (non-hydrogen) atoms. The summed E-state index contributed by atoms with van der Waals surface area (Å²) in [4.78, 5) is 11.3. The Morgan fingerprint density at radius 3 is 2.32 bits per heavy atom. The molecule has 0 aliphatic carbocycles. The zero-order valence-electron chi connectivity index (χ0n) is 12.0. The highest BCUT2D eigenvalue weighted by molar-refractivity contribution is 7.89. The second-order valence-electron chi connectivity index (χ2n) is 4.76. The third-order valence-electron chi connectivity index (χ3n) is 3.00. The molecule has 0 saturated carbocycles. The summed E-state index contributed by atoms with van der Waals surface area (Å²) in [7, 11) is -2.22. The Balaban J connectivity index is 2.07. The van der Waals surface area contributed by atoms with Gasteiger partial charge < -0.3 is 14.3 Å². The van der Waals surface area contributed by atoms with E-state index in [1.807, 2.05) is 0 Å². The number of rotatable bonds is 6. The molecular formula is C15H16O6S. The van der Waals surface area contributed by atoms with E-state index in [9.17, 15) is 13.2 Å². The first kappa shape index (κ1) is 16.3. The number of benzene rings is 1. The maximum absolute atomic E-state index is 12.1. The van der Waals surface area contributed by atoms with Gasteiger partial charge in [-0.25, -0.2) is 13.2 Å². The number of carbonyl (C=O) groups is 1. The first-order valence-corrected chi connectivity index (χ1v) is 8.32. The molecule has 0 saturated heterocycles. The summed E-state index contributed by atoms with van der Waals surface area (Å²) in [5.41, 5.74) is 1.34. The summed E-state index contributed by atoms with van der Waals surface area (Å²) < 4.78 is 33.9. The van der Waals surface area contributed by atoms with Gasteiger partial charge in [-0.1, -0.05) is 24.3 Å². The molecule has 7 heteroatoms. The van der Waals surface area contributed by atoms with Gasteiger partial charge in [-0.3, -0.25) is 0 Å². The van der Waals surface area contributed by atoms with Crippen LogP contribution >= 0.6 is 0 Å². The standard InChI is InChI=1S/C15H16O6S/c1-20-15(17)14-7-6-13(21-14)10-22(18,19)9-12-4-2-11(8-16)3-5-12/h2-7,16H,8-10H2,1H3. The minimum atomic E-state index is -3.43. The van der Waals surface area contributed by atoms with Gasteiger partial charge in [0.2, 0.25) is 5.76 Å². The Bertz CT molecular complexity index is 743. The SMILES string of the molecule is COC(=O)c1ccc(CS(=O)(=O)Cc2ccc(CO)cc2)o1. The van der Waals surface area contributed by atoms with Gasteiger partial charge in [0.25, 0.3) is 0 Å². The lowest BCUT2D eigenvalue weighted by Crippen LogP contribution is -2.07. The molecule has 0 unspecified atom stereocenters. The van der Waals surface area contributed by atoms with Crippen LogP contribution in [0.4, 0.5) is 0 Å². The van der Waals surface area contributed by atoms with Crippen LogP contribution in [-0.4, -0.2) is 26.6 Å². The molecule has 118 valence electrons. The van der Waals surface area contributed by atoms with Gasteiger partial charge >= 0.3 is 5.97 Å². The van der Waals surface area contributed by atoms with Crippen molar-refractivity contribution in [3.63, 3.8) is 0 Å². The largest absolute Gasteiger partial charge is 0.463 e. The third kappa shape index (κ3) is 4.19. The van der Waals surface area contributed by atoms with E-state index in [-0.39, 0.29) is 29.6 Å². The van der Waals surface area contributed by atoms with Crippen molar-refractivity contribution in [1.82, 2.24) is 0 Å². The summed E-state index contributed by atoms with van der Waals surface area (Å²) in [6, 6.07) is 9.49. The lowest BCUT2D eigenvalue weighted by atomic mass is 10.2. The van der Waals surface area contributed by atoms with Crippen LogP contribution in [0.1, 0.15) is 27.4 Å². The molecule has 0 atom stereocenters. The zero-order chi connectivity index (χ0) is 16.2. The van der Waals surface area contributed by atoms with Crippen molar-refractivity contribution >= 4 is 15.8 Å². The van der Waals surface area contributed by atoms with E-state index in [0.717, 1.165) is 5.56 Å². The molecule has 1 heterocycles. The molecule has 0 aliphatic rings. The van der Waals surface area contributed by atoms with Gasteiger partial charge in [-0.2, -0.15) is 0 Å². The first-order valence-electron chi connectivity index (χ1n) is 6.49. The van der Waals surface area contributed by atoms with Crippen molar-refractivity contribution in [3.8, 4) is 0 Å². The minimum Gasteiger partial charge on any atom is -0.463 e. The summed E-state index contributed by atoms with van der Waals surface area (Å²) >= 11 is 0. The summed E-state index contributed by atoms with van der Waals surface area (Å²) in [5, 5.41) is 8.95. The molecule has 2 aromatic rings. The Morgan fingerprint density at radius 1 is 1.09 bits per heavy atom. The van der Waals surface area contributed by atoms with Gasteiger partial charge in [-0.05, 0) is 23.3 Å². The van der Waals surface area contributed by atoms with Crippen LogP contribution in [0, 0.1) is 0 Å². The summed E-state index contributed by atoms with van der Waals surface area (Å²) in [6.45, 7) is -0.0876. The van der Waals surface area contributed by atoms with E-state index in [4.69, 9.17) is 9.52 Å². The lowest BCUT2D eigenvalue weighted by Gasteiger charge is -2.04. The van der Waals surface area contributed by atoms with Crippen molar-refractivity contribution < 1.29 is 27.5 Å². The molecular weight excluding hydrogens is 308 g/mol. The van der Waals surface area contributed by atoms with Crippen molar-refractivity contribution in [2.45, 2.75) is 18.1 Å². The predicted molar refractivity (Wildman–Crippen MR) is 78.7 cm³/mol. The van der Waals surface area contributed by atoms with E-state index in [1.54, 1.807) is 24.3 Å². The third-order valence-corrected chi connectivity index (χ3v) is 4.50. The smallest absolute Gasteiger partial charge is 0.373 e. The number of aliphatic hydroxyl groups is 1. The van der Waals surface area contributed by atoms with Gasteiger partial charge in [0.05, 0.1) is 19.5 Å². The Labute approximate surface area is 128 Å². The number of carbonyl (C=O) groups excluding carboxylic acids is 1. The Morgan fingerprint density at radius 2 is 1.73 bits per heavy atom. The summed E-state index contributed by atoms with van der Waals surface area (Å²) in [5.74, 6) is -0.936. The highest BCUT2D eigenvalue weighted by atomic mass is 32.2. The molecule has 0 aliphatic heterocycles. The van der Waals surface area contributed by atoms with Crippen molar-refractivity contribution in [3.05, 3.63) is 59.0 Å². The van der Waals surface area contributed by atoms with Crippen molar-refractivity contribution in [1.29, 1.82) is 0 Å². The van der Waals surface area contributed by atoms with Gasteiger partial charge in [0, 0.05) is 0 Å². The van der Waals surface area contributed by atoms with Crippen molar-refractivity contribution in [2.75, 3.05) is 7.11 Å². The molecule has 1 aromatic heterocycles. The number of furan rings is 1. The molecule has 6 nitrogen and oxygen atoms in total. The van der Waals surface area contributed by atoms with Crippen LogP contribution in [-0.2, 0) is 32.7 Å². The van der Waals surface area contributed by atoms with E-state index < -0.39 is 15.8 Å². The maximum atomic E-state index is 12.1. The number of sulfone groups is 1. The van der Waals surface area contributed by atoms with E-state index in [2.05, 4.69) is 4.74 Å². The van der Waals surface area contributed by atoms with Gasteiger partial charge in [0.1, 0.15) is 11.5 Å². The van der Waals surface area contributed by atoms with E-state index in [0.29, 0.717) is 5.56 Å². The quantitative estimate of drug-likeness (QED) is 0.812. The van der Waals surface area contributed by atoms with E-state index >= 15 is 0 Å². The molecule has 0 radical (unpaired) electrons. The highest BCUT2D eigenvalue weighted by Crippen LogP contribution is 2.16. The normalized spacial score (nSPS) is 11.4. The number of hydrogen-bond donors (Lipinski definition) is 1. The maximum Gasteiger partial charge on any atom is 0.373 e. The molecule has 0 spiro atoms. The van der Waals surface area contributed by atoms with Crippen LogP contribution in [0.2, 0.25) is 0 Å². The average Bonchev–Trinajstić information content (AvgIpc) is 2.94. The predicted octanol–water partition coefficient (Wildman–Crippen LogP) is 1.67. The molecule has 1 aromatic carbocycles. The summed E-state index contributed by atoms with van der Waals surface area (Å²) in [6.07, 6.45) is 0. The topological polar surface area (TPSA) is 93.8 Å². The second kappa shape index (κ2) is 6.76. The van der Waals surface area contributed by atoms with Gasteiger partial charge in [-0.15, -0.1) is 0 Å².